The molecule has 0 unspecified atom stereocenters. The molecule has 10 nitrogen and oxygen atoms in total. The minimum absolute atomic E-state index is 0.178. The first-order valence-corrected chi connectivity index (χ1v) is 9.56. The van der Waals surface area contributed by atoms with Crippen LogP contribution < -0.4 is 5.73 Å². The van der Waals surface area contributed by atoms with E-state index in [0.29, 0.717) is 29.9 Å². The summed E-state index contributed by atoms with van der Waals surface area (Å²) in [7, 11) is 0. The van der Waals surface area contributed by atoms with Gasteiger partial charge in [0.25, 0.3) is 0 Å². The van der Waals surface area contributed by atoms with Gasteiger partial charge in [0.1, 0.15) is 0 Å². The number of tetrazole rings is 1. The van der Waals surface area contributed by atoms with Crippen molar-refractivity contribution in [2.24, 2.45) is 15.7 Å². The van der Waals surface area contributed by atoms with Gasteiger partial charge in [-0.2, -0.15) is 0 Å². The first kappa shape index (κ1) is 20.0. The van der Waals surface area contributed by atoms with Crippen molar-refractivity contribution in [2.45, 2.75) is 13.0 Å². The quantitative estimate of drug-likeness (QED) is 0.364. The van der Waals surface area contributed by atoms with E-state index in [1.165, 1.54) is 0 Å². The number of benzene rings is 2. The third-order valence-electron chi connectivity index (χ3n) is 4.83. The lowest BCUT2D eigenvalue weighted by Gasteiger charge is -2.12. The fraction of sp³-hybridized carbons (Fsp3) is 0.143. The van der Waals surface area contributed by atoms with Crippen molar-refractivity contribution >= 4 is 12.7 Å². The van der Waals surface area contributed by atoms with E-state index in [2.05, 4.69) is 41.8 Å². The third kappa shape index (κ3) is 4.47. The van der Waals surface area contributed by atoms with Gasteiger partial charge in [-0.1, -0.05) is 48.5 Å². The SMILES string of the molecule is C=NC(N)=NCCc1cncn1Cc1ccc(-c2ccccc2-c2nnnn2[O-])cc1. The molecule has 0 radical (unpaired) electrons. The summed E-state index contributed by atoms with van der Waals surface area (Å²) in [5, 5.41) is 22.5. The molecule has 156 valence electrons. The summed E-state index contributed by atoms with van der Waals surface area (Å²) >= 11 is 0. The number of nitrogens with two attached hydrogens (primary N) is 1. The van der Waals surface area contributed by atoms with Gasteiger partial charge in [-0.05, 0) is 33.8 Å². The molecule has 0 saturated heterocycles. The second kappa shape index (κ2) is 8.99. The van der Waals surface area contributed by atoms with Gasteiger partial charge in [0.15, 0.2) is 5.82 Å². The fourth-order valence-electron chi connectivity index (χ4n) is 3.29. The zero-order chi connectivity index (χ0) is 21.6. The Labute approximate surface area is 178 Å². The summed E-state index contributed by atoms with van der Waals surface area (Å²) in [6.07, 6.45) is 4.32. The number of aromatic nitrogens is 6. The molecular weight excluding hydrogens is 394 g/mol. The summed E-state index contributed by atoms with van der Waals surface area (Å²) < 4.78 is 2.07. The lowest BCUT2D eigenvalue weighted by atomic mass is 9.98. The van der Waals surface area contributed by atoms with E-state index in [0.717, 1.165) is 22.4 Å². The molecule has 2 aromatic carbocycles. The molecule has 4 rings (SSSR count). The van der Waals surface area contributed by atoms with Crippen LogP contribution in [0.3, 0.4) is 0 Å². The fourth-order valence-corrected chi connectivity index (χ4v) is 3.29. The monoisotopic (exact) mass is 414 g/mol. The number of nitrogens with zero attached hydrogens (tertiary/aromatic N) is 8. The highest BCUT2D eigenvalue weighted by molar-refractivity contribution is 5.82. The molecule has 0 saturated carbocycles. The maximum atomic E-state index is 11.8. The Balaban J connectivity index is 1.52. The lowest BCUT2D eigenvalue weighted by molar-refractivity contribution is 0.733. The first-order chi connectivity index (χ1) is 15.2. The number of imidazole rings is 1. The number of hydrogen-bond acceptors (Lipinski definition) is 6. The molecule has 31 heavy (non-hydrogen) atoms. The van der Waals surface area contributed by atoms with Crippen LogP contribution in [-0.2, 0) is 13.0 Å². The average Bonchev–Trinajstić information content (AvgIpc) is 3.43. The summed E-state index contributed by atoms with van der Waals surface area (Å²) in [4.78, 5) is 12.4. The summed E-state index contributed by atoms with van der Waals surface area (Å²) in [6.45, 7) is 4.55. The highest BCUT2D eigenvalue weighted by Gasteiger charge is 2.11. The van der Waals surface area contributed by atoms with Crippen LogP contribution in [0, 0.1) is 5.21 Å². The number of aliphatic imine (C=N–C) groups is 2. The van der Waals surface area contributed by atoms with Crippen molar-refractivity contribution in [3.8, 4) is 22.5 Å². The van der Waals surface area contributed by atoms with E-state index >= 15 is 0 Å². The summed E-state index contributed by atoms with van der Waals surface area (Å²) in [5.41, 5.74) is 10.3. The predicted molar refractivity (Wildman–Crippen MR) is 119 cm³/mol. The van der Waals surface area contributed by atoms with Gasteiger partial charge in [-0.3, -0.25) is 9.84 Å². The highest BCUT2D eigenvalue weighted by Crippen LogP contribution is 2.30. The van der Waals surface area contributed by atoms with E-state index in [1.54, 1.807) is 6.33 Å². The predicted octanol–water partition coefficient (Wildman–Crippen LogP) is 2.16. The summed E-state index contributed by atoms with van der Waals surface area (Å²) in [5.74, 6) is 0.366. The Kier molecular flexibility index (Phi) is 5.79. The number of rotatable bonds is 7. The van der Waals surface area contributed by atoms with E-state index in [1.807, 2.05) is 54.7 Å². The zero-order valence-electron chi connectivity index (χ0n) is 16.7. The second-order valence-electron chi connectivity index (χ2n) is 6.78. The molecule has 10 heteroatoms. The van der Waals surface area contributed by atoms with Gasteiger partial charge < -0.3 is 15.5 Å². The Morgan fingerprint density at radius 3 is 2.58 bits per heavy atom. The van der Waals surface area contributed by atoms with E-state index < -0.39 is 0 Å². The van der Waals surface area contributed by atoms with E-state index in [-0.39, 0.29) is 11.8 Å². The largest absolute Gasteiger partial charge is 0.788 e. The van der Waals surface area contributed by atoms with Crippen molar-refractivity contribution in [2.75, 3.05) is 6.54 Å². The molecule has 2 N–H and O–H groups in total. The Hall–Kier alpha value is -4.34. The van der Waals surface area contributed by atoms with Gasteiger partial charge in [0, 0.05) is 37.0 Å². The van der Waals surface area contributed by atoms with Crippen LogP contribution in [0.25, 0.3) is 22.5 Å². The van der Waals surface area contributed by atoms with Crippen LogP contribution in [0.4, 0.5) is 0 Å². The van der Waals surface area contributed by atoms with Crippen LogP contribution in [0.15, 0.2) is 71.0 Å². The van der Waals surface area contributed by atoms with Gasteiger partial charge in [-0.15, -0.1) is 5.10 Å². The summed E-state index contributed by atoms with van der Waals surface area (Å²) in [6, 6.07) is 15.7. The van der Waals surface area contributed by atoms with Crippen LogP contribution in [0.1, 0.15) is 11.3 Å². The molecular formula is C21H20N9O-. The average molecular weight is 414 g/mol. The van der Waals surface area contributed by atoms with Crippen LogP contribution in [0.5, 0.6) is 0 Å². The molecule has 2 heterocycles. The number of guanidine groups is 1. The van der Waals surface area contributed by atoms with E-state index in [4.69, 9.17) is 5.73 Å². The Morgan fingerprint density at radius 2 is 1.87 bits per heavy atom. The maximum absolute atomic E-state index is 11.8. The van der Waals surface area contributed by atoms with Crippen LogP contribution in [-0.4, -0.2) is 49.1 Å². The van der Waals surface area contributed by atoms with Crippen molar-refractivity contribution in [3.63, 3.8) is 0 Å². The minimum Gasteiger partial charge on any atom is -0.788 e. The van der Waals surface area contributed by atoms with Crippen LogP contribution in [0.2, 0.25) is 0 Å². The second-order valence-corrected chi connectivity index (χ2v) is 6.78. The van der Waals surface area contributed by atoms with Crippen molar-refractivity contribution in [1.29, 1.82) is 0 Å². The molecule has 0 aliphatic heterocycles. The molecule has 0 aliphatic carbocycles. The molecule has 0 atom stereocenters. The minimum atomic E-state index is 0.178. The molecule has 0 bridgehead atoms. The normalized spacial score (nSPS) is 11.5. The molecule has 4 aromatic rings. The third-order valence-corrected chi connectivity index (χ3v) is 4.83. The van der Waals surface area contributed by atoms with Crippen LogP contribution >= 0.6 is 0 Å². The molecule has 2 aromatic heterocycles. The molecule has 0 spiro atoms. The Bertz CT molecular complexity index is 1210. The molecule has 0 amide bonds. The van der Waals surface area contributed by atoms with Crippen molar-refractivity contribution in [3.05, 3.63) is 77.5 Å². The van der Waals surface area contributed by atoms with Gasteiger partial charge in [-0.25, -0.2) is 9.98 Å². The smallest absolute Gasteiger partial charge is 0.214 e. The topological polar surface area (TPSA) is 135 Å². The zero-order valence-corrected chi connectivity index (χ0v) is 16.7. The Morgan fingerprint density at radius 1 is 1.10 bits per heavy atom. The van der Waals surface area contributed by atoms with Gasteiger partial charge >= 0.3 is 0 Å². The standard InChI is InChI=1S/C21H20N9O/c1-23-21(22)25-11-10-17-12-24-14-29(17)13-15-6-8-16(9-7-15)18-4-2-3-5-19(18)20-26-27-28-30(20)31/h2-9,12,14H,1,10-11,13H2,(H2,22,25)/q-1. The molecule has 0 fully saturated rings. The lowest BCUT2D eigenvalue weighted by Crippen LogP contribution is -2.10. The van der Waals surface area contributed by atoms with Gasteiger partial charge in [0.2, 0.25) is 5.96 Å². The number of hydrogen-bond donors (Lipinski definition) is 1. The van der Waals surface area contributed by atoms with Crippen molar-refractivity contribution < 1.29 is 0 Å². The maximum Gasteiger partial charge on any atom is 0.214 e. The van der Waals surface area contributed by atoms with E-state index in [9.17, 15) is 5.21 Å². The van der Waals surface area contributed by atoms with Crippen molar-refractivity contribution in [1.82, 2.24) is 29.9 Å². The van der Waals surface area contributed by atoms with Gasteiger partial charge in [0.05, 0.1) is 6.33 Å². The molecule has 0 aliphatic rings. The highest BCUT2D eigenvalue weighted by atomic mass is 16.5. The first-order valence-electron chi connectivity index (χ1n) is 9.56.